The van der Waals surface area contributed by atoms with E-state index in [-0.39, 0.29) is 11.5 Å². The molecule has 0 saturated heterocycles. The summed E-state index contributed by atoms with van der Waals surface area (Å²) in [5.74, 6) is -0.593. The van der Waals surface area contributed by atoms with Crippen LogP contribution >= 0.6 is 0 Å². The molecule has 0 fully saturated rings. The highest BCUT2D eigenvalue weighted by Crippen LogP contribution is 2.36. The number of methoxy groups -OCH3 is 2. The molecule has 0 aliphatic carbocycles. The summed E-state index contributed by atoms with van der Waals surface area (Å²) in [6, 6.07) is 0. The number of carboxylic acid groups (broad SMARTS) is 1. The van der Waals surface area contributed by atoms with Gasteiger partial charge >= 0.3 is 5.97 Å². The van der Waals surface area contributed by atoms with Crippen molar-refractivity contribution in [1.29, 1.82) is 0 Å². The Bertz CT molecular complexity index is 326. The van der Waals surface area contributed by atoms with Gasteiger partial charge in [-0.3, -0.25) is 0 Å². The van der Waals surface area contributed by atoms with Gasteiger partial charge in [-0.05, 0) is 6.92 Å². The number of carboxylic acids is 1. The van der Waals surface area contributed by atoms with Crippen LogP contribution in [0, 0.1) is 6.92 Å². The lowest BCUT2D eigenvalue weighted by Crippen LogP contribution is -1.97. The Labute approximate surface area is 74.9 Å². The molecular weight excluding hydrogens is 176 g/mol. The monoisotopic (exact) mass is 186 g/mol. The molecule has 0 bridgehead atoms. The van der Waals surface area contributed by atoms with E-state index in [1.807, 2.05) is 0 Å². The van der Waals surface area contributed by atoms with Gasteiger partial charge in [-0.15, -0.1) is 0 Å². The van der Waals surface area contributed by atoms with E-state index < -0.39 is 5.97 Å². The smallest absolute Gasteiger partial charge is 0.375 e. The van der Waals surface area contributed by atoms with Crippen molar-refractivity contribution in [3.63, 3.8) is 0 Å². The molecule has 1 aromatic rings. The fourth-order valence-corrected chi connectivity index (χ4v) is 1.07. The van der Waals surface area contributed by atoms with Gasteiger partial charge in [0, 0.05) is 0 Å². The average Bonchev–Trinajstić information content (AvgIpc) is 2.41. The second-order valence-electron chi connectivity index (χ2n) is 2.36. The van der Waals surface area contributed by atoms with Gasteiger partial charge in [-0.1, -0.05) is 0 Å². The second kappa shape index (κ2) is 3.38. The first-order valence-electron chi connectivity index (χ1n) is 3.56. The summed E-state index contributed by atoms with van der Waals surface area (Å²) in [6.45, 7) is 1.60. The summed E-state index contributed by atoms with van der Waals surface area (Å²) >= 11 is 0. The molecule has 0 aliphatic rings. The van der Waals surface area contributed by atoms with E-state index in [0.29, 0.717) is 11.5 Å². The molecule has 1 N–H and O–H groups in total. The van der Waals surface area contributed by atoms with Crippen molar-refractivity contribution in [2.75, 3.05) is 14.2 Å². The maximum atomic E-state index is 10.6. The van der Waals surface area contributed by atoms with Crippen molar-refractivity contribution in [2.45, 2.75) is 6.92 Å². The molecule has 0 radical (unpaired) electrons. The molecular formula is C8H10O5. The number of carbonyl (C=O) groups is 1. The third kappa shape index (κ3) is 1.44. The fraction of sp³-hybridized carbons (Fsp3) is 0.375. The highest BCUT2D eigenvalue weighted by Gasteiger charge is 2.24. The number of hydrogen-bond donors (Lipinski definition) is 1. The molecule has 13 heavy (non-hydrogen) atoms. The summed E-state index contributed by atoms with van der Waals surface area (Å²) in [4.78, 5) is 10.6. The molecule has 5 nitrogen and oxygen atoms in total. The van der Waals surface area contributed by atoms with Crippen LogP contribution in [0.15, 0.2) is 4.42 Å². The van der Waals surface area contributed by atoms with E-state index in [1.165, 1.54) is 14.2 Å². The van der Waals surface area contributed by atoms with E-state index in [2.05, 4.69) is 0 Å². The maximum Gasteiger partial charge on any atom is 0.375 e. The Balaban J connectivity index is 3.29. The first kappa shape index (κ1) is 9.44. The molecule has 0 aromatic carbocycles. The molecule has 0 atom stereocenters. The van der Waals surface area contributed by atoms with Gasteiger partial charge in [0.25, 0.3) is 5.76 Å². The lowest BCUT2D eigenvalue weighted by Gasteiger charge is -2.00. The van der Waals surface area contributed by atoms with Gasteiger partial charge < -0.3 is 19.0 Å². The Morgan fingerprint density at radius 2 is 1.85 bits per heavy atom. The lowest BCUT2D eigenvalue weighted by molar-refractivity contribution is 0.0656. The summed E-state index contributed by atoms with van der Waals surface area (Å²) in [5.41, 5.74) is 0. The SMILES string of the molecule is COc1c(C)oc(C(=O)O)c1OC. The minimum atomic E-state index is -1.18. The third-order valence-electron chi connectivity index (χ3n) is 1.59. The van der Waals surface area contributed by atoms with Crippen LogP contribution in [0.2, 0.25) is 0 Å². The van der Waals surface area contributed by atoms with E-state index in [4.69, 9.17) is 19.0 Å². The minimum Gasteiger partial charge on any atom is -0.490 e. The Hall–Kier alpha value is -1.65. The fourth-order valence-electron chi connectivity index (χ4n) is 1.07. The van der Waals surface area contributed by atoms with Gasteiger partial charge in [0.05, 0.1) is 14.2 Å². The summed E-state index contributed by atoms with van der Waals surface area (Å²) in [5, 5.41) is 8.70. The first-order valence-corrected chi connectivity index (χ1v) is 3.56. The normalized spacial score (nSPS) is 9.77. The molecule has 72 valence electrons. The number of hydrogen-bond acceptors (Lipinski definition) is 4. The zero-order valence-corrected chi connectivity index (χ0v) is 7.58. The predicted octanol–water partition coefficient (Wildman–Crippen LogP) is 1.30. The van der Waals surface area contributed by atoms with Crippen LogP contribution < -0.4 is 9.47 Å². The van der Waals surface area contributed by atoms with Gasteiger partial charge in [0.2, 0.25) is 11.5 Å². The summed E-state index contributed by atoms with van der Waals surface area (Å²) < 4.78 is 14.7. The standard InChI is InChI=1S/C8H10O5/c1-4-5(11-2)6(12-3)7(13-4)8(9)10/h1-3H3,(H,9,10). The van der Waals surface area contributed by atoms with Crippen LogP contribution in [0.25, 0.3) is 0 Å². The molecule has 5 heteroatoms. The van der Waals surface area contributed by atoms with Gasteiger partial charge in [0.1, 0.15) is 5.76 Å². The van der Waals surface area contributed by atoms with E-state index >= 15 is 0 Å². The summed E-state index contributed by atoms with van der Waals surface area (Å²) in [6.07, 6.45) is 0. The van der Waals surface area contributed by atoms with E-state index in [0.717, 1.165) is 0 Å². The molecule has 1 rings (SSSR count). The largest absolute Gasteiger partial charge is 0.490 e. The topological polar surface area (TPSA) is 68.9 Å². The maximum absolute atomic E-state index is 10.6. The molecule has 0 spiro atoms. The van der Waals surface area contributed by atoms with Crippen molar-refractivity contribution >= 4 is 5.97 Å². The van der Waals surface area contributed by atoms with Crippen LogP contribution in [0.4, 0.5) is 0 Å². The summed E-state index contributed by atoms with van der Waals surface area (Å²) in [7, 11) is 2.78. The Kier molecular flexibility index (Phi) is 2.46. The number of furan rings is 1. The zero-order valence-electron chi connectivity index (χ0n) is 7.58. The quantitative estimate of drug-likeness (QED) is 0.770. The number of ether oxygens (including phenoxy) is 2. The van der Waals surface area contributed by atoms with Crippen molar-refractivity contribution in [3.8, 4) is 11.5 Å². The van der Waals surface area contributed by atoms with E-state index in [1.54, 1.807) is 6.92 Å². The van der Waals surface area contributed by atoms with Crippen LogP contribution in [0.5, 0.6) is 11.5 Å². The Morgan fingerprint density at radius 3 is 2.23 bits per heavy atom. The average molecular weight is 186 g/mol. The molecule has 0 aliphatic heterocycles. The molecule has 0 amide bonds. The predicted molar refractivity (Wildman–Crippen MR) is 43.5 cm³/mol. The first-order chi connectivity index (χ1) is 6.11. The van der Waals surface area contributed by atoms with Crippen LogP contribution in [-0.4, -0.2) is 25.3 Å². The highest BCUT2D eigenvalue weighted by molar-refractivity contribution is 5.89. The number of aromatic carboxylic acids is 1. The van der Waals surface area contributed by atoms with Crippen LogP contribution in [0.3, 0.4) is 0 Å². The lowest BCUT2D eigenvalue weighted by atomic mass is 10.3. The van der Waals surface area contributed by atoms with Crippen molar-refractivity contribution in [3.05, 3.63) is 11.5 Å². The third-order valence-corrected chi connectivity index (χ3v) is 1.59. The van der Waals surface area contributed by atoms with Crippen LogP contribution in [0.1, 0.15) is 16.3 Å². The van der Waals surface area contributed by atoms with Crippen molar-refractivity contribution < 1.29 is 23.8 Å². The second-order valence-corrected chi connectivity index (χ2v) is 2.36. The van der Waals surface area contributed by atoms with Gasteiger partial charge in [0.15, 0.2) is 0 Å². The molecule has 1 aromatic heterocycles. The molecule has 0 saturated carbocycles. The van der Waals surface area contributed by atoms with Gasteiger partial charge in [-0.25, -0.2) is 4.79 Å². The number of rotatable bonds is 3. The van der Waals surface area contributed by atoms with Crippen molar-refractivity contribution in [2.24, 2.45) is 0 Å². The van der Waals surface area contributed by atoms with E-state index in [9.17, 15) is 4.79 Å². The molecule has 1 heterocycles. The van der Waals surface area contributed by atoms with Crippen molar-refractivity contribution in [1.82, 2.24) is 0 Å². The van der Waals surface area contributed by atoms with Crippen LogP contribution in [-0.2, 0) is 0 Å². The number of aryl methyl sites for hydroxylation is 1. The molecule has 0 unspecified atom stereocenters. The minimum absolute atomic E-state index is 0.118. The Morgan fingerprint density at radius 1 is 1.31 bits per heavy atom. The van der Waals surface area contributed by atoms with Gasteiger partial charge in [-0.2, -0.15) is 0 Å². The zero-order chi connectivity index (χ0) is 10.0. The highest BCUT2D eigenvalue weighted by atomic mass is 16.5.